The molecule has 0 spiro atoms. The first kappa shape index (κ1) is 21.4. The number of carbonyl (C=O) groups is 2. The third-order valence-electron chi connectivity index (χ3n) is 4.67. The van der Waals surface area contributed by atoms with E-state index in [0.717, 1.165) is 11.3 Å². The number of nitrogens with zero attached hydrogens (tertiary/aromatic N) is 3. The Bertz CT molecular complexity index is 1050. The lowest BCUT2D eigenvalue weighted by atomic mass is 10.2. The molecule has 0 aliphatic carbocycles. The Morgan fingerprint density at radius 2 is 1.93 bits per heavy atom. The molecule has 3 rings (SSSR count). The zero-order valence-electron chi connectivity index (χ0n) is 17.1. The van der Waals surface area contributed by atoms with Crippen molar-refractivity contribution >= 4 is 29.1 Å². The van der Waals surface area contributed by atoms with Crippen molar-refractivity contribution in [3.63, 3.8) is 0 Å². The molecule has 156 valence electrons. The number of aromatic nitrogens is 2. The highest BCUT2D eigenvalue weighted by molar-refractivity contribution is 6.31. The van der Waals surface area contributed by atoms with E-state index in [0.29, 0.717) is 28.6 Å². The molecule has 8 heteroatoms. The SMILES string of the molecule is COc1ccc(Cl)cc1NC(=O)CN(C)C(=O)c1cnn(Cc2ccccc2)c1C. The van der Waals surface area contributed by atoms with Crippen molar-refractivity contribution in [3.05, 3.63) is 76.6 Å². The van der Waals surface area contributed by atoms with Crippen molar-refractivity contribution in [1.29, 1.82) is 0 Å². The van der Waals surface area contributed by atoms with E-state index in [2.05, 4.69) is 10.4 Å². The van der Waals surface area contributed by atoms with Crippen molar-refractivity contribution in [2.75, 3.05) is 26.0 Å². The molecule has 0 fully saturated rings. The van der Waals surface area contributed by atoms with Crippen LogP contribution in [0.3, 0.4) is 0 Å². The summed E-state index contributed by atoms with van der Waals surface area (Å²) in [5, 5.41) is 7.53. The standard InChI is InChI=1S/C22H23ClN4O3/c1-15-18(12-24-27(15)13-16-7-5-4-6-8-16)22(29)26(2)14-21(28)25-19-11-17(23)9-10-20(19)30-3/h4-12H,13-14H2,1-3H3,(H,25,28). The number of halogens is 1. The molecule has 3 aromatic rings. The maximum Gasteiger partial charge on any atom is 0.257 e. The van der Waals surface area contributed by atoms with E-state index in [1.54, 1.807) is 29.9 Å². The van der Waals surface area contributed by atoms with Crippen LogP contribution in [0.25, 0.3) is 0 Å². The summed E-state index contributed by atoms with van der Waals surface area (Å²) >= 11 is 5.99. The van der Waals surface area contributed by atoms with Gasteiger partial charge in [0, 0.05) is 17.8 Å². The number of ether oxygens (including phenoxy) is 1. The van der Waals surface area contributed by atoms with E-state index in [-0.39, 0.29) is 18.4 Å². The summed E-state index contributed by atoms with van der Waals surface area (Å²) < 4.78 is 7.00. The summed E-state index contributed by atoms with van der Waals surface area (Å²) in [7, 11) is 3.08. The summed E-state index contributed by atoms with van der Waals surface area (Å²) in [6.45, 7) is 2.28. The van der Waals surface area contributed by atoms with Crippen molar-refractivity contribution in [2.45, 2.75) is 13.5 Å². The average Bonchev–Trinajstić information content (AvgIpc) is 3.08. The third-order valence-corrected chi connectivity index (χ3v) is 4.91. The van der Waals surface area contributed by atoms with E-state index >= 15 is 0 Å². The highest BCUT2D eigenvalue weighted by Crippen LogP contribution is 2.27. The van der Waals surface area contributed by atoms with E-state index in [1.165, 1.54) is 18.2 Å². The maximum absolute atomic E-state index is 12.8. The summed E-state index contributed by atoms with van der Waals surface area (Å²) in [6, 6.07) is 14.8. The molecule has 0 bridgehead atoms. The van der Waals surface area contributed by atoms with Crippen LogP contribution >= 0.6 is 11.6 Å². The summed E-state index contributed by atoms with van der Waals surface area (Å²) in [4.78, 5) is 26.6. The minimum atomic E-state index is -0.360. The van der Waals surface area contributed by atoms with E-state index in [1.807, 2.05) is 37.3 Å². The molecule has 30 heavy (non-hydrogen) atoms. The van der Waals surface area contributed by atoms with Crippen molar-refractivity contribution in [1.82, 2.24) is 14.7 Å². The van der Waals surface area contributed by atoms with Gasteiger partial charge in [0.25, 0.3) is 5.91 Å². The molecule has 0 saturated heterocycles. The van der Waals surface area contributed by atoms with Crippen molar-refractivity contribution < 1.29 is 14.3 Å². The number of anilines is 1. The van der Waals surface area contributed by atoms with Crippen LogP contribution in [0.5, 0.6) is 5.75 Å². The number of hydrogen-bond donors (Lipinski definition) is 1. The summed E-state index contributed by atoms with van der Waals surface area (Å²) in [6.07, 6.45) is 1.54. The van der Waals surface area contributed by atoms with Gasteiger partial charge in [0.1, 0.15) is 5.75 Å². The fourth-order valence-electron chi connectivity index (χ4n) is 3.03. The van der Waals surface area contributed by atoms with Crippen molar-refractivity contribution in [3.8, 4) is 5.75 Å². The lowest BCUT2D eigenvalue weighted by Gasteiger charge is -2.17. The van der Waals surface area contributed by atoms with Crippen LogP contribution in [0.2, 0.25) is 5.02 Å². The minimum absolute atomic E-state index is 0.127. The first-order valence-corrected chi connectivity index (χ1v) is 9.72. The molecular formula is C22H23ClN4O3. The molecule has 0 saturated carbocycles. The highest BCUT2D eigenvalue weighted by Gasteiger charge is 2.20. The number of amides is 2. The van der Waals surface area contributed by atoms with Gasteiger partial charge >= 0.3 is 0 Å². The number of hydrogen-bond acceptors (Lipinski definition) is 4. The second-order valence-corrected chi connectivity index (χ2v) is 7.28. The zero-order chi connectivity index (χ0) is 21.7. The van der Waals surface area contributed by atoms with Gasteiger partial charge in [-0.05, 0) is 30.7 Å². The number of rotatable bonds is 7. The monoisotopic (exact) mass is 426 g/mol. The van der Waals surface area contributed by atoms with Crippen LogP contribution in [0, 0.1) is 6.92 Å². The van der Waals surface area contributed by atoms with Gasteiger partial charge < -0.3 is 15.0 Å². The topological polar surface area (TPSA) is 76.5 Å². The summed E-state index contributed by atoms with van der Waals surface area (Å²) in [5.41, 5.74) is 2.74. The molecule has 2 amide bonds. The molecular weight excluding hydrogens is 404 g/mol. The smallest absolute Gasteiger partial charge is 0.257 e. The molecule has 0 aliphatic rings. The normalized spacial score (nSPS) is 10.5. The second-order valence-electron chi connectivity index (χ2n) is 6.84. The Morgan fingerprint density at radius 3 is 2.63 bits per heavy atom. The van der Waals surface area contributed by atoms with Crippen LogP contribution in [-0.2, 0) is 11.3 Å². The lowest BCUT2D eigenvalue weighted by molar-refractivity contribution is -0.116. The van der Waals surface area contributed by atoms with Crippen LogP contribution in [0.4, 0.5) is 5.69 Å². The van der Waals surface area contributed by atoms with Gasteiger partial charge in [-0.15, -0.1) is 0 Å². The molecule has 0 aliphatic heterocycles. The molecule has 1 heterocycles. The third kappa shape index (κ3) is 4.99. The maximum atomic E-state index is 12.8. The molecule has 2 aromatic carbocycles. The number of nitrogens with one attached hydrogen (secondary N) is 1. The largest absolute Gasteiger partial charge is 0.495 e. The van der Waals surface area contributed by atoms with Gasteiger partial charge in [-0.2, -0.15) is 5.10 Å². The number of methoxy groups -OCH3 is 1. The van der Waals surface area contributed by atoms with E-state index in [9.17, 15) is 9.59 Å². The van der Waals surface area contributed by atoms with Crippen LogP contribution in [0.1, 0.15) is 21.6 Å². The van der Waals surface area contributed by atoms with Gasteiger partial charge in [0.2, 0.25) is 5.91 Å². The van der Waals surface area contributed by atoms with Gasteiger partial charge in [0.15, 0.2) is 0 Å². The van der Waals surface area contributed by atoms with E-state index in [4.69, 9.17) is 16.3 Å². The quantitative estimate of drug-likeness (QED) is 0.626. The second kappa shape index (κ2) is 9.45. The number of benzene rings is 2. The van der Waals surface area contributed by atoms with Crippen LogP contribution < -0.4 is 10.1 Å². The lowest BCUT2D eigenvalue weighted by Crippen LogP contribution is -2.35. The fraction of sp³-hybridized carbons (Fsp3) is 0.227. The fourth-order valence-corrected chi connectivity index (χ4v) is 3.20. The predicted molar refractivity (Wildman–Crippen MR) is 116 cm³/mol. The molecule has 1 aromatic heterocycles. The Morgan fingerprint density at radius 1 is 1.20 bits per heavy atom. The number of likely N-dealkylation sites (N-methyl/N-ethyl adjacent to an activating group) is 1. The van der Waals surface area contributed by atoms with Gasteiger partial charge in [-0.3, -0.25) is 14.3 Å². The zero-order valence-corrected chi connectivity index (χ0v) is 17.8. The Balaban J connectivity index is 1.66. The van der Waals surface area contributed by atoms with E-state index < -0.39 is 0 Å². The minimum Gasteiger partial charge on any atom is -0.495 e. The first-order chi connectivity index (χ1) is 14.4. The molecule has 7 nitrogen and oxygen atoms in total. The summed E-state index contributed by atoms with van der Waals surface area (Å²) in [5.74, 6) is -0.152. The Labute approximate surface area is 180 Å². The molecule has 0 unspecified atom stereocenters. The first-order valence-electron chi connectivity index (χ1n) is 9.34. The van der Waals surface area contributed by atoms with Crippen LogP contribution in [0.15, 0.2) is 54.7 Å². The Hall–Kier alpha value is -3.32. The van der Waals surface area contributed by atoms with Gasteiger partial charge in [0.05, 0.1) is 37.6 Å². The molecule has 0 radical (unpaired) electrons. The van der Waals surface area contributed by atoms with Crippen molar-refractivity contribution in [2.24, 2.45) is 0 Å². The molecule has 0 atom stereocenters. The van der Waals surface area contributed by atoms with Gasteiger partial charge in [-0.1, -0.05) is 41.9 Å². The predicted octanol–water partition coefficient (Wildman–Crippen LogP) is 3.61. The average molecular weight is 427 g/mol. The van der Waals surface area contributed by atoms with Crippen LogP contribution in [-0.4, -0.2) is 47.2 Å². The number of carbonyl (C=O) groups excluding carboxylic acids is 2. The van der Waals surface area contributed by atoms with Gasteiger partial charge in [-0.25, -0.2) is 0 Å². The highest BCUT2D eigenvalue weighted by atomic mass is 35.5. The Kier molecular flexibility index (Phi) is 6.74. The molecule has 1 N–H and O–H groups in total.